The molecule has 134 valence electrons. The average molecular weight is 438 g/mol. The van der Waals surface area contributed by atoms with E-state index in [9.17, 15) is 4.79 Å². The molecule has 1 unspecified atom stereocenters. The Morgan fingerprint density at radius 1 is 1.30 bits per heavy atom. The van der Waals surface area contributed by atoms with Crippen LogP contribution in [0, 0.1) is 11.8 Å². The van der Waals surface area contributed by atoms with E-state index in [1.807, 2.05) is 20.8 Å². The van der Waals surface area contributed by atoms with Crippen LogP contribution in [0.4, 0.5) is 4.79 Å². The molecule has 0 aromatic heterocycles. The maximum atomic E-state index is 11.9. The van der Waals surface area contributed by atoms with Crippen LogP contribution in [0.1, 0.15) is 52.9 Å². The van der Waals surface area contributed by atoms with Gasteiger partial charge >= 0.3 is 6.09 Å². The molecule has 1 atom stereocenters. The van der Waals surface area contributed by atoms with E-state index in [2.05, 4.69) is 15.6 Å². The lowest BCUT2D eigenvalue weighted by Gasteiger charge is -2.25. The molecule has 0 saturated heterocycles. The van der Waals surface area contributed by atoms with Gasteiger partial charge < -0.3 is 21.1 Å². The molecule has 2 saturated carbocycles. The lowest BCUT2D eigenvalue weighted by atomic mass is 9.85. The molecule has 7 heteroatoms. The Hall–Kier alpha value is -0.730. The molecule has 0 aromatic rings. The number of carbonyl (C=O) groups is 1. The van der Waals surface area contributed by atoms with Crippen molar-refractivity contribution in [3.05, 3.63) is 0 Å². The van der Waals surface area contributed by atoms with E-state index in [0.29, 0.717) is 18.4 Å². The van der Waals surface area contributed by atoms with Gasteiger partial charge in [-0.3, -0.25) is 4.99 Å². The maximum Gasteiger partial charge on any atom is 0.407 e. The summed E-state index contributed by atoms with van der Waals surface area (Å²) < 4.78 is 5.31. The quantitative estimate of drug-likeness (QED) is 0.338. The number of aliphatic imine (C=N–C) groups is 1. The molecular formula is C16H31IN4O2. The van der Waals surface area contributed by atoms with E-state index < -0.39 is 5.60 Å². The maximum absolute atomic E-state index is 11.9. The third-order valence-electron chi connectivity index (χ3n) is 4.15. The Bertz CT molecular complexity index is 415. The monoisotopic (exact) mass is 438 g/mol. The number of ether oxygens (including phenoxy) is 1. The summed E-state index contributed by atoms with van der Waals surface area (Å²) in [6.45, 7) is 6.99. The summed E-state index contributed by atoms with van der Waals surface area (Å²) in [5.74, 6) is 1.71. The van der Waals surface area contributed by atoms with Gasteiger partial charge in [-0.2, -0.15) is 0 Å². The van der Waals surface area contributed by atoms with Crippen LogP contribution < -0.4 is 16.4 Å². The number of hydrogen-bond acceptors (Lipinski definition) is 3. The zero-order valence-electron chi connectivity index (χ0n) is 14.4. The summed E-state index contributed by atoms with van der Waals surface area (Å²) in [4.78, 5) is 16.3. The van der Waals surface area contributed by atoms with Crippen molar-refractivity contribution in [2.45, 2.75) is 64.5 Å². The number of hydrogen-bond donors (Lipinski definition) is 3. The van der Waals surface area contributed by atoms with Crippen molar-refractivity contribution in [1.82, 2.24) is 10.6 Å². The minimum Gasteiger partial charge on any atom is -0.444 e. The number of rotatable bonds is 6. The van der Waals surface area contributed by atoms with Gasteiger partial charge in [-0.1, -0.05) is 6.42 Å². The molecule has 2 fully saturated rings. The standard InChI is InChI=1S/C16H30N4O2.HI/c1-16(2,3)22-15(21)20-13(12-7-8-12)10-19-14(17)18-9-11-5-4-6-11;/h11-13H,4-10H2,1-3H3,(H,20,21)(H3,17,18,19);1H. The first-order chi connectivity index (χ1) is 10.3. The minimum absolute atomic E-state index is 0. The lowest BCUT2D eigenvalue weighted by Crippen LogP contribution is -2.43. The van der Waals surface area contributed by atoms with Gasteiger partial charge in [-0.15, -0.1) is 24.0 Å². The first kappa shape index (κ1) is 20.3. The molecule has 2 aliphatic rings. The first-order valence-corrected chi connectivity index (χ1v) is 8.37. The molecule has 1 amide bonds. The molecule has 0 spiro atoms. The van der Waals surface area contributed by atoms with Crippen molar-refractivity contribution in [3.8, 4) is 0 Å². The summed E-state index contributed by atoms with van der Waals surface area (Å²) in [5, 5.41) is 6.10. The van der Waals surface area contributed by atoms with E-state index >= 15 is 0 Å². The van der Waals surface area contributed by atoms with Crippen molar-refractivity contribution in [1.29, 1.82) is 0 Å². The van der Waals surface area contributed by atoms with Gasteiger partial charge in [0.15, 0.2) is 5.96 Å². The fraction of sp³-hybridized carbons (Fsp3) is 0.875. The number of halogens is 1. The Morgan fingerprint density at radius 2 is 1.96 bits per heavy atom. The van der Waals surface area contributed by atoms with Gasteiger partial charge in [0, 0.05) is 6.54 Å². The topological polar surface area (TPSA) is 88.7 Å². The zero-order valence-corrected chi connectivity index (χ0v) is 16.8. The molecule has 2 rings (SSSR count). The molecule has 0 aliphatic heterocycles. The van der Waals surface area contributed by atoms with Gasteiger partial charge in [0.2, 0.25) is 0 Å². The van der Waals surface area contributed by atoms with Crippen LogP contribution in [-0.2, 0) is 4.74 Å². The second kappa shape index (κ2) is 8.94. The predicted molar refractivity (Wildman–Crippen MR) is 103 cm³/mol. The minimum atomic E-state index is -0.481. The molecule has 0 aromatic carbocycles. The molecular weight excluding hydrogens is 407 g/mol. The Kier molecular flexibility index (Phi) is 7.89. The molecule has 4 N–H and O–H groups in total. The van der Waals surface area contributed by atoms with Crippen molar-refractivity contribution >= 4 is 36.0 Å². The Morgan fingerprint density at radius 3 is 2.43 bits per heavy atom. The van der Waals surface area contributed by atoms with Crippen LogP contribution in [-0.4, -0.2) is 36.8 Å². The Balaban J connectivity index is 0.00000264. The van der Waals surface area contributed by atoms with E-state index in [1.54, 1.807) is 0 Å². The highest BCUT2D eigenvalue weighted by molar-refractivity contribution is 14.0. The Labute approximate surface area is 156 Å². The van der Waals surface area contributed by atoms with Crippen LogP contribution in [0.3, 0.4) is 0 Å². The molecule has 2 aliphatic carbocycles. The zero-order chi connectivity index (χ0) is 16.2. The average Bonchev–Trinajstić information content (AvgIpc) is 3.14. The number of nitrogens with zero attached hydrogens (tertiary/aromatic N) is 1. The molecule has 0 bridgehead atoms. The van der Waals surface area contributed by atoms with E-state index in [4.69, 9.17) is 10.5 Å². The summed E-state index contributed by atoms with van der Waals surface area (Å²) in [6, 6.07) is 0.0129. The second-order valence-corrected chi connectivity index (χ2v) is 7.49. The highest BCUT2D eigenvalue weighted by atomic mass is 127. The lowest BCUT2D eigenvalue weighted by molar-refractivity contribution is 0.0500. The largest absolute Gasteiger partial charge is 0.444 e. The highest BCUT2D eigenvalue weighted by Gasteiger charge is 2.33. The van der Waals surface area contributed by atoms with Crippen molar-refractivity contribution in [2.24, 2.45) is 22.6 Å². The van der Waals surface area contributed by atoms with Gasteiger partial charge in [0.05, 0.1) is 12.6 Å². The van der Waals surface area contributed by atoms with Crippen molar-refractivity contribution in [3.63, 3.8) is 0 Å². The number of carbonyl (C=O) groups excluding carboxylic acids is 1. The molecule has 6 nitrogen and oxygen atoms in total. The van der Waals surface area contributed by atoms with Gasteiger partial charge in [0.1, 0.15) is 5.60 Å². The van der Waals surface area contributed by atoms with E-state index in [0.717, 1.165) is 25.3 Å². The molecule has 0 radical (unpaired) electrons. The van der Waals surface area contributed by atoms with Crippen LogP contribution in [0.5, 0.6) is 0 Å². The SMILES string of the molecule is CC(C)(C)OC(=O)NC(CN=C(N)NCC1CCC1)C1CC1.I. The van der Waals surface area contributed by atoms with E-state index in [-0.39, 0.29) is 36.1 Å². The van der Waals surface area contributed by atoms with Gasteiger partial charge in [0.25, 0.3) is 0 Å². The van der Waals surface area contributed by atoms with Crippen LogP contribution >= 0.6 is 24.0 Å². The molecule has 23 heavy (non-hydrogen) atoms. The summed E-state index contributed by atoms with van der Waals surface area (Å²) >= 11 is 0. The van der Waals surface area contributed by atoms with Crippen LogP contribution in [0.2, 0.25) is 0 Å². The predicted octanol–water partition coefficient (Wildman–Crippen LogP) is 2.61. The number of nitrogens with one attached hydrogen (secondary N) is 2. The fourth-order valence-corrected chi connectivity index (χ4v) is 2.47. The number of amides is 1. The molecule has 0 heterocycles. The van der Waals surface area contributed by atoms with Crippen LogP contribution in [0.15, 0.2) is 4.99 Å². The van der Waals surface area contributed by atoms with Gasteiger partial charge in [-0.05, 0) is 58.3 Å². The fourth-order valence-electron chi connectivity index (χ4n) is 2.47. The third-order valence-corrected chi connectivity index (χ3v) is 4.15. The smallest absolute Gasteiger partial charge is 0.407 e. The number of nitrogens with two attached hydrogens (primary N) is 1. The van der Waals surface area contributed by atoms with Crippen LogP contribution in [0.25, 0.3) is 0 Å². The van der Waals surface area contributed by atoms with Gasteiger partial charge in [-0.25, -0.2) is 4.79 Å². The number of guanidine groups is 1. The van der Waals surface area contributed by atoms with E-state index in [1.165, 1.54) is 19.3 Å². The number of alkyl carbamates (subject to hydrolysis) is 1. The summed E-state index contributed by atoms with van der Waals surface area (Å²) in [5.41, 5.74) is 5.42. The third kappa shape index (κ3) is 8.08. The highest BCUT2D eigenvalue weighted by Crippen LogP contribution is 2.33. The second-order valence-electron chi connectivity index (χ2n) is 7.49. The summed E-state index contributed by atoms with van der Waals surface area (Å²) in [6.07, 6.45) is 5.78. The first-order valence-electron chi connectivity index (χ1n) is 8.37. The van der Waals surface area contributed by atoms with Crippen molar-refractivity contribution in [2.75, 3.05) is 13.1 Å². The summed E-state index contributed by atoms with van der Waals surface area (Å²) in [7, 11) is 0. The van der Waals surface area contributed by atoms with Crippen molar-refractivity contribution < 1.29 is 9.53 Å². The normalized spacial score (nSPS) is 20.0.